The van der Waals surface area contributed by atoms with Crippen LogP contribution in [-0.4, -0.2) is 32.7 Å². The number of hydrogen-bond donors (Lipinski definition) is 3. The van der Waals surface area contributed by atoms with Crippen LogP contribution in [-0.2, 0) is 14.9 Å². The standard InChI is InChI=1S/C7H10BNO5S/c1-14-9-15(12,13)7-4-2-3-6(5-7)8(10)11/h2-5,9-11H,1H3. The lowest BCUT2D eigenvalue weighted by molar-refractivity contribution is 0.153. The summed E-state index contributed by atoms with van der Waals surface area (Å²) in [6.45, 7) is 0. The number of sulfonamides is 1. The summed E-state index contributed by atoms with van der Waals surface area (Å²) in [5.74, 6) is 0. The third kappa shape index (κ3) is 3.01. The van der Waals surface area contributed by atoms with Crippen molar-refractivity contribution in [3.63, 3.8) is 0 Å². The molecule has 6 nitrogen and oxygen atoms in total. The fourth-order valence-electron chi connectivity index (χ4n) is 1.00. The highest BCUT2D eigenvalue weighted by Crippen LogP contribution is 2.05. The first-order valence-corrected chi connectivity index (χ1v) is 5.46. The molecular weight excluding hydrogens is 221 g/mol. The van der Waals surface area contributed by atoms with Crippen LogP contribution >= 0.6 is 0 Å². The molecule has 82 valence electrons. The van der Waals surface area contributed by atoms with E-state index in [1.165, 1.54) is 25.3 Å². The zero-order chi connectivity index (χ0) is 11.5. The van der Waals surface area contributed by atoms with E-state index in [0.717, 1.165) is 6.07 Å². The van der Waals surface area contributed by atoms with Crippen LogP contribution in [0.1, 0.15) is 0 Å². The van der Waals surface area contributed by atoms with Gasteiger partial charge in [-0.05, 0) is 17.6 Å². The minimum atomic E-state index is -3.76. The topological polar surface area (TPSA) is 95.9 Å². The highest BCUT2D eigenvalue weighted by Gasteiger charge is 2.17. The molecule has 0 heterocycles. The summed E-state index contributed by atoms with van der Waals surface area (Å²) in [5.41, 5.74) is 0.0916. The van der Waals surface area contributed by atoms with Gasteiger partial charge in [-0.1, -0.05) is 17.0 Å². The Hall–Kier alpha value is -0.925. The number of nitrogens with one attached hydrogen (secondary N) is 1. The summed E-state index contributed by atoms with van der Waals surface area (Å²) in [6, 6.07) is 5.26. The molecule has 1 rings (SSSR count). The Morgan fingerprint density at radius 1 is 1.40 bits per heavy atom. The van der Waals surface area contributed by atoms with Gasteiger partial charge in [-0.15, -0.1) is 0 Å². The SMILES string of the molecule is CONS(=O)(=O)c1cccc(B(O)O)c1. The largest absolute Gasteiger partial charge is 0.488 e. The maximum atomic E-state index is 11.4. The predicted octanol–water partition coefficient (Wildman–Crippen LogP) is -1.79. The van der Waals surface area contributed by atoms with E-state index in [1.807, 2.05) is 4.89 Å². The fourth-order valence-corrected chi connectivity index (χ4v) is 1.86. The number of hydrogen-bond acceptors (Lipinski definition) is 5. The van der Waals surface area contributed by atoms with Crippen molar-refractivity contribution in [2.45, 2.75) is 4.90 Å². The first-order chi connectivity index (χ1) is 6.97. The second-order valence-electron chi connectivity index (χ2n) is 2.74. The second-order valence-corrected chi connectivity index (χ2v) is 4.38. The van der Waals surface area contributed by atoms with Gasteiger partial charge in [0.15, 0.2) is 0 Å². The second kappa shape index (κ2) is 4.73. The lowest BCUT2D eigenvalue weighted by Crippen LogP contribution is -2.31. The molecule has 0 bridgehead atoms. The zero-order valence-electron chi connectivity index (χ0n) is 7.91. The van der Waals surface area contributed by atoms with Gasteiger partial charge in [0.1, 0.15) is 0 Å². The Bertz CT molecular complexity index is 433. The molecular formula is C7H10BNO5S. The summed E-state index contributed by atoms with van der Waals surface area (Å²) in [7, 11) is -4.30. The van der Waals surface area contributed by atoms with E-state index in [0.29, 0.717) is 0 Å². The molecule has 0 saturated carbocycles. The van der Waals surface area contributed by atoms with Gasteiger partial charge < -0.3 is 10.0 Å². The first-order valence-electron chi connectivity index (χ1n) is 3.98. The van der Waals surface area contributed by atoms with Crippen molar-refractivity contribution < 1.29 is 23.3 Å². The van der Waals surface area contributed by atoms with Gasteiger partial charge in [0.25, 0.3) is 10.0 Å². The monoisotopic (exact) mass is 231 g/mol. The third-order valence-electron chi connectivity index (χ3n) is 1.66. The van der Waals surface area contributed by atoms with Gasteiger partial charge in [0, 0.05) is 0 Å². The van der Waals surface area contributed by atoms with Crippen molar-refractivity contribution in [1.82, 2.24) is 4.89 Å². The lowest BCUT2D eigenvalue weighted by atomic mass is 9.81. The van der Waals surface area contributed by atoms with Crippen molar-refractivity contribution >= 4 is 22.6 Å². The molecule has 0 aliphatic heterocycles. The highest BCUT2D eigenvalue weighted by atomic mass is 32.2. The normalized spacial score (nSPS) is 11.4. The molecule has 15 heavy (non-hydrogen) atoms. The van der Waals surface area contributed by atoms with Gasteiger partial charge in [-0.25, -0.2) is 8.42 Å². The Balaban J connectivity index is 3.11. The summed E-state index contributed by atoms with van der Waals surface area (Å²) in [6.07, 6.45) is 0. The van der Waals surface area contributed by atoms with E-state index in [1.54, 1.807) is 0 Å². The summed E-state index contributed by atoms with van der Waals surface area (Å²) in [4.78, 5) is 6.01. The zero-order valence-corrected chi connectivity index (χ0v) is 8.73. The fraction of sp³-hybridized carbons (Fsp3) is 0.143. The van der Waals surface area contributed by atoms with Gasteiger partial charge in [-0.2, -0.15) is 0 Å². The van der Waals surface area contributed by atoms with Gasteiger partial charge >= 0.3 is 7.12 Å². The lowest BCUT2D eigenvalue weighted by Gasteiger charge is -2.05. The number of rotatable bonds is 4. The Morgan fingerprint density at radius 2 is 2.07 bits per heavy atom. The molecule has 0 aliphatic carbocycles. The molecule has 3 N–H and O–H groups in total. The molecule has 0 radical (unpaired) electrons. The van der Waals surface area contributed by atoms with E-state index in [-0.39, 0.29) is 10.4 Å². The van der Waals surface area contributed by atoms with Crippen LogP contribution in [0.4, 0.5) is 0 Å². The molecule has 8 heteroatoms. The first kappa shape index (κ1) is 12.1. The molecule has 1 aromatic carbocycles. The van der Waals surface area contributed by atoms with Crippen LogP contribution in [0.15, 0.2) is 29.2 Å². The summed E-state index contributed by atoms with van der Waals surface area (Å²) < 4.78 is 22.8. The molecule has 0 unspecified atom stereocenters. The van der Waals surface area contributed by atoms with Gasteiger partial charge in [0.05, 0.1) is 12.0 Å². The third-order valence-corrected chi connectivity index (χ3v) is 2.92. The van der Waals surface area contributed by atoms with Gasteiger partial charge in [0.2, 0.25) is 0 Å². The van der Waals surface area contributed by atoms with Crippen LogP contribution in [0.2, 0.25) is 0 Å². The molecule has 0 fully saturated rings. The van der Waals surface area contributed by atoms with Crippen molar-refractivity contribution in [2.24, 2.45) is 0 Å². The van der Waals surface area contributed by atoms with Crippen molar-refractivity contribution in [1.29, 1.82) is 0 Å². The molecule has 0 amide bonds. The molecule has 0 aromatic heterocycles. The molecule has 0 spiro atoms. The van der Waals surface area contributed by atoms with Crippen LogP contribution in [0, 0.1) is 0 Å². The summed E-state index contributed by atoms with van der Waals surface area (Å²) in [5, 5.41) is 17.7. The van der Waals surface area contributed by atoms with Crippen molar-refractivity contribution in [3.8, 4) is 0 Å². The molecule has 0 saturated heterocycles. The quantitative estimate of drug-likeness (QED) is 0.420. The molecule has 0 atom stereocenters. The highest BCUT2D eigenvalue weighted by molar-refractivity contribution is 7.89. The van der Waals surface area contributed by atoms with E-state index in [2.05, 4.69) is 4.84 Å². The van der Waals surface area contributed by atoms with E-state index >= 15 is 0 Å². The average Bonchev–Trinajstić information content (AvgIpc) is 2.18. The minimum Gasteiger partial charge on any atom is -0.423 e. The smallest absolute Gasteiger partial charge is 0.423 e. The summed E-state index contributed by atoms with van der Waals surface area (Å²) >= 11 is 0. The Morgan fingerprint density at radius 3 is 2.60 bits per heavy atom. The van der Waals surface area contributed by atoms with E-state index < -0.39 is 17.1 Å². The minimum absolute atomic E-state index is 0.0916. The predicted molar refractivity (Wildman–Crippen MR) is 53.6 cm³/mol. The Kier molecular flexibility index (Phi) is 3.83. The average molecular weight is 231 g/mol. The van der Waals surface area contributed by atoms with Crippen LogP contribution < -0.4 is 10.3 Å². The maximum Gasteiger partial charge on any atom is 0.488 e. The number of benzene rings is 1. The molecule has 0 aliphatic rings. The van der Waals surface area contributed by atoms with Crippen LogP contribution in [0.25, 0.3) is 0 Å². The van der Waals surface area contributed by atoms with Crippen LogP contribution in [0.3, 0.4) is 0 Å². The van der Waals surface area contributed by atoms with Crippen LogP contribution in [0.5, 0.6) is 0 Å². The van der Waals surface area contributed by atoms with Crippen molar-refractivity contribution in [3.05, 3.63) is 24.3 Å². The van der Waals surface area contributed by atoms with E-state index in [9.17, 15) is 8.42 Å². The molecule has 1 aromatic rings. The van der Waals surface area contributed by atoms with Crippen molar-refractivity contribution in [2.75, 3.05) is 7.11 Å². The van der Waals surface area contributed by atoms with Gasteiger partial charge in [-0.3, -0.25) is 4.84 Å². The Labute approximate surface area is 87.7 Å². The van der Waals surface area contributed by atoms with E-state index in [4.69, 9.17) is 10.0 Å². The maximum absolute atomic E-state index is 11.4.